The number of aliphatic hydroxyl groups is 5. The van der Waals surface area contributed by atoms with E-state index in [9.17, 15) is 59.4 Å². The molecule has 24 heteroatoms. The van der Waals surface area contributed by atoms with Gasteiger partial charge >= 0.3 is 29.8 Å². The summed E-state index contributed by atoms with van der Waals surface area (Å²) in [4.78, 5) is 92.0. The average molecular weight is 1210 g/mol. The molecule has 12 atom stereocenters. The molecule has 6 unspecified atom stereocenters. The van der Waals surface area contributed by atoms with E-state index in [2.05, 4.69) is 10.3 Å². The van der Waals surface area contributed by atoms with Gasteiger partial charge in [-0.1, -0.05) is 57.4 Å². The van der Waals surface area contributed by atoms with Gasteiger partial charge in [-0.3, -0.25) is 28.8 Å². The monoisotopic (exact) mass is 1210 g/mol. The molecule has 0 bridgehead atoms. The van der Waals surface area contributed by atoms with Gasteiger partial charge in [-0.15, -0.1) is 0 Å². The standard InChI is InChI=1S/C58H99N3O19S2/c1-13-16-27-76-52(73)58(10,38-55(7,20-14-2)48(68)69)39-57(9,50(71)77-28-26-61(11)12)24-23-56(8,51(72)79-33-34-81-82-42-19-17-18-25-59-42)37-54(6,47(67)60-35-40(4)63)22-21-53(5,15-3)49(70)78-32-30-74-29-31-75-46-45(66)44(65)43(64)41(36-62)80-46/h17-19,25,40-41,43-46,62-66H,13-16,20-24,26-39H2,1-12H3,(H,60,67)(H,68,69)/t40-,41-,43+,44+,45-,46-,53?,54?,55?,56?,57?,58?/m1/s1. The number of carbonyl (C=O) groups excluding carboxylic acids is 5. The van der Waals surface area contributed by atoms with E-state index >= 15 is 0 Å². The highest BCUT2D eigenvalue weighted by molar-refractivity contribution is 8.76. The van der Waals surface area contributed by atoms with E-state index in [0.29, 0.717) is 25.1 Å². The number of aliphatic carboxylic acids is 1. The third-order valence-corrected chi connectivity index (χ3v) is 17.7. The Balaban J connectivity index is 2.59. The van der Waals surface area contributed by atoms with Crippen LogP contribution in [0.1, 0.15) is 146 Å². The summed E-state index contributed by atoms with van der Waals surface area (Å²) in [5.74, 6) is -3.84. The quantitative estimate of drug-likeness (QED) is 0.0177. The Morgan fingerprint density at radius 1 is 0.683 bits per heavy atom. The molecule has 1 saturated heterocycles. The van der Waals surface area contributed by atoms with Crippen LogP contribution in [0, 0.1) is 32.5 Å². The van der Waals surface area contributed by atoms with Crippen molar-refractivity contribution in [1.29, 1.82) is 0 Å². The van der Waals surface area contributed by atoms with Gasteiger partial charge in [-0.2, -0.15) is 0 Å². The van der Waals surface area contributed by atoms with Crippen LogP contribution in [0.2, 0.25) is 0 Å². The molecule has 2 rings (SSSR count). The van der Waals surface area contributed by atoms with Crippen molar-refractivity contribution in [1.82, 2.24) is 15.2 Å². The number of nitrogens with one attached hydrogen (secondary N) is 1. The number of carbonyl (C=O) groups is 6. The maximum absolute atomic E-state index is 15.0. The number of pyridine rings is 1. The van der Waals surface area contributed by atoms with Crippen molar-refractivity contribution in [3.05, 3.63) is 24.4 Å². The van der Waals surface area contributed by atoms with E-state index in [-0.39, 0.29) is 111 Å². The smallest absolute Gasteiger partial charge is 0.311 e. The van der Waals surface area contributed by atoms with Crippen molar-refractivity contribution in [3.63, 3.8) is 0 Å². The lowest BCUT2D eigenvalue weighted by atomic mass is 9.61. The molecule has 0 aliphatic carbocycles. The number of carboxylic acid groups (broad SMARTS) is 1. The number of aliphatic hydroxyl groups excluding tert-OH is 5. The fourth-order valence-electron chi connectivity index (χ4n) is 10.1. The molecule has 0 radical (unpaired) electrons. The second-order valence-corrected chi connectivity index (χ2v) is 26.3. The molecule has 0 spiro atoms. The summed E-state index contributed by atoms with van der Waals surface area (Å²) in [6, 6.07) is 5.51. The van der Waals surface area contributed by atoms with Crippen LogP contribution in [-0.2, 0) is 61.9 Å². The highest BCUT2D eigenvalue weighted by Crippen LogP contribution is 2.51. The number of rotatable bonds is 42. The minimum absolute atomic E-state index is 0.00802. The molecule has 1 aliphatic heterocycles. The summed E-state index contributed by atoms with van der Waals surface area (Å²) in [6.45, 7) is 16.3. The molecular weight excluding hydrogens is 1110 g/mol. The Morgan fingerprint density at radius 2 is 1.23 bits per heavy atom. The number of esters is 4. The van der Waals surface area contributed by atoms with E-state index in [4.69, 9.17) is 33.2 Å². The largest absolute Gasteiger partial charge is 0.481 e. The third kappa shape index (κ3) is 23.6. The number of ether oxygens (including phenoxy) is 7. The first-order valence-electron chi connectivity index (χ1n) is 28.7. The molecule has 1 fully saturated rings. The van der Waals surface area contributed by atoms with Gasteiger partial charge in [0.1, 0.15) is 49.3 Å². The van der Waals surface area contributed by atoms with Gasteiger partial charge in [0.15, 0.2) is 6.29 Å². The van der Waals surface area contributed by atoms with E-state index in [0.717, 1.165) is 11.4 Å². The van der Waals surface area contributed by atoms with Gasteiger partial charge < -0.3 is 74.0 Å². The van der Waals surface area contributed by atoms with Crippen LogP contribution >= 0.6 is 21.6 Å². The van der Waals surface area contributed by atoms with Gasteiger partial charge in [0, 0.05) is 30.5 Å². The van der Waals surface area contributed by atoms with E-state index < -0.39 is 112 Å². The molecule has 0 aromatic carbocycles. The minimum atomic E-state index is -1.61. The summed E-state index contributed by atoms with van der Waals surface area (Å²) in [7, 11) is 6.47. The van der Waals surface area contributed by atoms with Gasteiger partial charge in [-0.25, -0.2) is 4.98 Å². The molecule has 22 nitrogen and oxygen atoms in total. The van der Waals surface area contributed by atoms with E-state index in [1.54, 1.807) is 60.7 Å². The van der Waals surface area contributed by atoms with Crippen LogP contribution in [0.5, 0.6) is 0 Å². The molecule has 1 aromatic heterocycles. The van der Waals surface area contributed by atoms with Crippen LogP contribution in [0.4, 0.5) is 0 Å². The Kier molecular flexibility index (Phi) is 32.4. The number of unbranched alkanes of at least 4 members (excludes halogenated alkanes) is 1. The zero-order chi connectivity index (χ0) is 62.0. The first-order valence-corrected chi connectivity index (χ1v) is 31.0. The third-order valence-electron chi connectivity index (χ3n) is 15.5. The Bertz CT molecular complexity index is 2110. The zero-order valence-corrected chi connectivity index (χ0v) is 52.4. The van der Waals surface area contributed by atoms with Crippen LogP contribution in [0.15, 0.2) is 29.4 Å². The summed E-state index contributed by atoms with van der Waals surface area (Å²) in [6.07, 6.45) is -4.78. The van der Waals surface area contributed by atoms with E-state index in [1.807, 2.05) is 45.0 Å². The van der Waals surface area contributed by atoms with Crippen molar-refractivity contribution in [2.45, 2.75) is 188 Å². The first kappa shape index (κ1) is 74.4. The number of carboxylic acids is 1. The fraction of sp³-hybridized carbons (Fsp3) is 0.810. The zero-order valence-electron chi connectivity index (χ0n) is 50.7. The summed E-state index contributed by atoms with van der Waals surface area (Å²) in [5.41, 5.74) is -8.65. The fourth-order valence-corrected chi connectivity index (χ4v) is 11.8. The van der Waals surface area contributed by atoms with Crippen molar-refractivity contribution in [2.24, 2.45) is 32.5 Å². The summed E-state index contributed by atoms with van der Waals surface area (Å²) in [5, 5.41) is 64.4. The molecule has 82 heavy (non-hydrogen) atoms. The molecule has 2 heterocycles. The topological polar surface area (TPSA) is 317 Å². The van der Waals surface area contributed by atoms with Crippen LogP contribution < -0.4 is 5.32 Å². The van der Waals surface area contributed by atoms with Crippen LogP contribution in [0.3, 0.4) is 0 Å². The molecule has 0 saturated carbocycles. The first-order chi connectivity index (χ1) is 38.4. The number of nitrogens with zero attached hydrogens (tertiary/aromatic N) is 2. The molecular formula is C58H99N3O19S2. The lowest BCUT2D eigenvalue weighted by Gasteiger charge is -2.43. The Labute approximate surface area is 493 Å². The van der Waals surface area contributed by atoms with Gasteiger partial charge in [-0.05, 0) is 143 Å². The number of likely N-dealkylation sites (N-methyl/N-ethyl adjacent to an activating group) is 1. The number of hydrogen-bond acceptors (Lipinski definition) is 22. The lowest BCUT2D eigenvalue weighted by Crippen LogP contribution is -2.59. The van der Waals surface area contributed by atoms with Gasteiger partial charge in [0.05, 0.1) is 66.2 Å². The number of amides is 1. The molecule has 1 aromatic rings. The van der Waals surface area contributed by atoms with Crippen molar-refractivity contribution < 1.29 is 92.6 Å². The molecule has 472 valence electrons. The maximum atomic E-state index is 15.0. The predicted molar refractivity (Wildman–Crippen MR) is 309 cm³/mol. The van der Waals surface area contributed by atoms with Crippen LogP contribution in [0.25, 0.3) is 0 Å². The van der Waals surface area contributed by atoms with Crippen molar-refractivity contribution in [2.75, 3.05) is 85.8 Å². The van der Waals surface area contributed by atoms with Gasteiger partial charge in [0.25, 0.3) is 0 Å². The van der Waals surface area contributed by atoms with Crippen LogP contribution in [-0.4, -0.2) is 199 Å². The molecule has 1 amide bonds. The lowest BCUT2D eigenvalue weighted by molar-refractivity contribution is -0.302. The SMILES string of the molecule is CCCCOC(=O)C(C)(CC(C)(CCC)C(=O)O)CC(C)(CCC(C)(CC(C)(CCC(C)(CC)C(=O)OCCOCCO[C@@H]1O[C@H](CO)[C@H](O)[C@H](O)[C@H]1O)C(=O)NC[C@@H](C)O)C(=O)OCCSSc1ccccn1)C(=O)OCCN(C)C. The maximum Gasteiger partial charge on any atom is 0.311 e. The predicted octanol–water partition coefficient (Wildman–Crippen LogP) is 5.75. The van der Waals surface area contributed by atoms with Crippen molar-refractivity contribution in [3.8, 4) is 0 Å². The highest BCUT2D eigenvalue weighted by Gasteiger charge is 2.54. The number of hydrogen-bond donors (Lipinski definition) is 7. The number of aromatic nitrogens is 1. The minimum Gasteiger partial charge on any atom is -0.481 e. The summed E-state index contributed by atoms with van der Waals surface area (Å²) >= 11 is 0. The summed E-state index contributed by atoms with van der Waals surface area (Å²) < 4.78 is 40.0. The molecule has 1 aliphatic rings. The second kappa shape index (κ2) is 35.7. The normalized spacial score (nSPS) is 22.1. The average Bonchev–Trinajstić information content (AvgIpc) is 3.62. The van der Waals surface area contributed by atoms with Crippen molar-refractivity contribution >= 4 is 57.3 Å². The van der Waals surface area contributed by atoms with E-state index in [1.165, 1.54) is 28.5 Å². The Morgan fingerprint density at radius 3 is 1.79 bits per heavy atom. The Hall–Kier alpha value is -3.69. The molecule has 7 N–H and O–H groups in total. The van der Waals surface area contributed by atoms with Gasteiger partial charge in [0.2, 0.25) is 5.91 Å². The highest BCUT2D eigenvalue weighted by atomic mass is 33.1. The second-order valence-electron chi connectivity index (χ2n) is 23.8.